The van der Waals surface area contributed by atoms with Crippen LogP contribution < -0.4 is 4.74 Å². The maximum atomic E-state index is 5.82. The molecule has 1 aromatic heterocycles. The minimum Gasteiger partial charge on any atom is -0.490 e. The lowest BCUT2D eigenvalue weighted by Crippen LogP contribution is -2.27. The van der Waals surface area contributed by atoms with E-state index in [4.69, 9.17) is 4.74 Å². The minimum atomic E-state index is 0.301. The predicted octanol–water partition coefficient (Wildman–Crippen LogP) is 3.36. The molecule has 0 aliphatic carbocycles. The molecule has 2 heterocycles. The molecule has 0 radical (unpaired) electrons. The molecule has 0 spiro atoms. The van der Waals surface area contributed by atoms with E-state index in [0.717, 1.165) is 50.5 Å². The van der Waals surface area contributed by atoms with Gasteiger partial charge in [0.15, 0.2) is 0 Å². The van der Waals surface area contributed by atoms with Gasteiger partial charge in [-0.15, -0.1) is 0 Å². The summed E-state index contributed by atoms with van der Waals surface area (Å²) in [6.07, 6.45) is 4.35. The first-order valence-electron chi connectivity index (χ1n) is 9.15. The van der Waals surface area contributed by atoms with Crippen LogP contribution in [0.25, 0.3) is 0 Å². The van der Waals surface area contributed by atoms with Crippen molar-refractivity contribution in [1.82, 2.24) is 14.8 Å². The molecule has 0 N–H and O–H groups in total. The second kappa shape index (κ2) is 8.45. The number of benzene rings is 1. The Morgan fingerprint density at radius 1 is 1.12 bits per heavy atom. The number of ether oxygens (including phenoxy) is 1. The zero-order chi connectivity index (χ0) is 17.6. The van der Waals surface area contributed by atoms with Gasteiger partial charge in [-0.25, -0.2) is 0 Å². The highest BCUT2D eigenvalue weighted by atomic mass is 16.5. The maximum absolute atomic E-state index is 5.82. The van der Waals surface area contributed by atoms with Gasteiger partial charge in [0.2, 0.25) is 0 Å². The quantitative estimate of drug-likeness (QED) is 0.737. The number of rotatable bonds is 8. The van der Waals surface area contributed by atoms with Crippen LogP contribution in [0.1, 0.15) is 30.2 Å². The van der Waals surface area contributed by atoms with E-state index in [1.165, 1.54) is 11.1 Å². The molecule has 1 aromatic carbocycles. The van der Waals surface area contributed by atoms with E-state index in [2.05, 4.69) is 66.1 Å². The summed E-state index contributed by atoms with van der Waals surface area (Å²) >= 11 is 0. The summed E-state index contributed by atoms with van der Waals surface area (Å²) in [7, 11) is 4.26. The van der Waals surface area contributed by atoms with E-state index < -0.39 is 0 Å². The van der Waals surface area contributed by atoms with Crippen molar-refractivity contribution < 1.29 is 4.74 Å². The zero-order valence-electron chi connectivity index (χ0n) is 15.6. The molecule has 1 aliphatic heterocycles. The molecule has 4 heteroatoms. The third-order valence-electron chi connectivity index (χ3n) is 4.56. The van der Waals surface area contributed by atoms with Crippen molar-refractivity contribution in [3.8, 4) is 5.75 Å². The van der Waals surface area contributed by atoms with Crippen LogP contribution in [0.15, 0.2) is 42.6 Å². The SMILES string of the molecule is C[C@@H]1Cc2cc(CN(CCCN(C)C)Cc3ccccn3)ccc2O1. The zero-order valence-corrected chi connectivity index (χ0v) is 15.6. The molecular weight excluding hydrogens is 310 g/mol. The molecule has 0 amide bonds. The first kappa shape index (κ1) is 17.9. The number of fused-ring (bicyclic) bond motifs is 1. The maximum Gasteiger partial charge on any atom is 0.123 e. The van der Waals surface area contributed by atoms with Gasteiger partial charge in [0.05, 0.1) is 5.69 Å². The largest absolute Gasteiger partial charge is 0.490 e. The van der Waals surface area contributed by atoms with E-state index in [-0.39, 0.29) is 0 Å². The molecule has 0 saturated heterocycles. The number of pyridine rings is 1. The highest BCUT2D eigenvalue weighted by molar-refractivity contribution is 5.40. The van der Waals surface area contributed by atoms with Crippen LogP contribution in [0, 0.1) is 0 Å². The number of aromatic nitrogens is 1. The van der Waals surface area contributed by atoms with Crippen molar-refractivity contribution in [3.05, 3.63) is 59.4 Å². The first-order valence-corrected chi connectivity index (χ1v) is 9.15. The number of nitrogens with zero attached hydrogens (tertiary/aromatic N) is 3. The van der Waals surface area contributed by atoms with Gasteiger partial charge in [-0.1, -0.05) is 18.2 Å². The van der Waals surface area contributed by atoms with E-state index in [9.17, 15) is 0 Å². The van der Waals surface area contributed by atoms with Gasteiger partial charge in [0.25, 0.3) is 0 Å². The molecule has 2 aromatic rings. The lowest BCUT2D eigenvalue weighted by atomic mass is 10.1. The highest BCUT2D eigenvalue weighted by Crippen LogP contribution is 2.29. The normalized spacial score (nSPS) is 16.3. The Bertz CT molecular complexity index is 672. The summed E-state index contributed by atoms with van der Waals surface area (Å²) in [4.78, 5) is 9.24. The molecule has 1 atom stereocenters. The Morgan fingerprint density at radius 3 is 2.76 bits per heavy atom. The first-order chi connectivity index (χ1) is 12.1. The van der Waals surface area contributed by atoms with Gasteiger partial charge in [0, 0.05) is 32.3 Å². The van der Waals surface area contributed by atoms with Crippen molar-refractivity contribution in [3.63, 3.8) is 0 Å². The Labute approximate surface area is 151 Å². The van der Waals surface area contributed by atoms with Crippen molar-refractivity contribution >= 4 is 0 Å². The van der Waals surface area contributed by atoms with Crippen molar-refractivity contribution in [2.24, 2.45) is 0 Å². The fourth-order valence-electron chi connectivity index (χ4n) is 3.38. The molecule has 1 aliphatic rings. The van der Waals surface area contributed by atoms with Crippen LogP contribution in [0.4, 0.5) is 0 Å². The van der Waals surface area contributed by atoms with Crippen LogP contribution in [0.2, 0.25) is 0 Å². The van der Waals surface area contributed by atoms with Crippen molar-refractivity contribution in [1.29, 1.82) is 0 Å². The standard InChI is InChI=1S/C21H29N3O/c1-17-13-19-14-18(8-9-21(19)25-17)15-24(12-6-11-23(2)3)16-20-7-4-5-10-22-20/h4-5,7-10,14,17H,6,11-13,15-16H2,1-3H3/t17-/m1/s1. The Hall–Kier alpha value is -1.91. The van der Waals surface area contributed by atoms with Gasteiger partial charge in [0.1, 0.15) is 11.9 Å². The summed E-state index contributed by atoms with van der Waals surface area (Å²) in [6.45, 7) is 6.14. The molecule has 4 nitrogen and oxygen atoms in total. The molecule has 0 bridgehead atoms. The Kier molecular flexibility index (Phi) is 6.05. The Morgan fingerprint density at radius 2 is 2.00 bits per heavy atom. The topological polar surface area (TPSA) is 28.6 Å². The summed E-state index contributed by atoms with van der Waals surface area (Å²) in [6, 6.07) is 12.8. The average molecular weight is 339 g/mol. The molecule has 0 unspecified atom stereocenters. The van der Waals surface area contributed by atoms with Gasteiger partial charge >= 0.3 is 0 Å². The summed E-state index contributed by atoms with van der Waals surface area (Å²) in [5.41, 5.74) is 3.83. The van der Waals surface area contributed by atoms with Gasteiger partial charge < -0.3 is 9.64 Å². The van der Waals surface area contributed by atoms with Crippen molar-refractivity contribution in [2.75, 3.05) is 27.2 Å². The van der Waals surface area contributed by atoms with Crippen LogP contribution in [0.3, 0.4) is 0 Å². The van der Waals surface area contributed by atoms with Crippen molar-refractivity contribution in [2.45, 2.75) is 39.0 Å². The van der Waals surface area contributed by atoms with Crippen LogP contribution in [-0.2, 0) is 19.5 Å². The smallest absolute Gasteiger partial charge is 0.123 e. The summed E-state index contributed by atoms with van der Waals surface area (Å²) < 4.78 is 5.82. The van der Waals surface area contributed by atoms with Crippen LogP contribution >= 0.6 is 0 Å². The molecule has 25 heavy (non-hydrogen) atoms. The monoisotopic (exact) mass is 339 g/mol. The van der Waals surface area contributed by atoms with E-state index in [0.29, 0.717) is 6.10 Å². The fourth-order valence-corrected chi connectivity index (χ4v) is 3.38. The summed E-state index contributed by atoms with van der Waals surface area (Å²) in [5, 5.41) is 0. The third kappa shape index (κ3) is 5.28. The van der Waals surface area contributed by atoms with Gasteiger partial charge in [-0.3, -0.25) is 9.88 Å². The third-order valence-corrected chi connectivity index (χ3v) is 4.56. The van der Waals surface area contributed by atoms with Crippen LogP contribution in [0.5, 0.6) is 5.75 Å². The average Bonchev–Trinajstić information content (AvgIpc) is 2.94. The predicted molar refractivity (Wildman–Crippen MR) is 102 cm³/mol. The van der Waals surface area contributed by atoms with Gasteiger partial charge in [-0.05, 0) is 63.3 Å². The van der Waals surface area contributed by atoms with E-state index in [1.54, 1.807) is 0 Å². The molecular formula is C21H29N3O. The molecule has 0 saturated carbocycles. The fraction of sp³-hybridized carbons (Fsp3) is 0.476. The highest BCUT2D eigenvalue weighted by Gasteiger charge is 2.19. The molecule has 0 fully saturated rings. The number of hydrogen-bond donors (Lipinski definition) is 0. The van der Waals surface area contributed by atoms with E-state index in [1.807, 2.05) is 12.3 Å². The molecule has 134 valence electrons. The lowest BCUT2D eigenvalue weighted by Gasteiger charge is -2.23. The van der Waals surface area contributed by atoms with Crippen LogP contribution in [-0.4, -0.2) is 48.1 Å². The summed E-state index contributed by atoms with van der Waals surface area (Å²) in [5.74, 6) is 1.06. The second-order valence-corrected chi connectivity index (χ2v) is 7.26. The van der Waals surface area contributed by atoms with E-state index >= 15 is 0 Å². The lowest BCUT2D eigenvalue weighted by molar-refractivity contribution is 0.237. The van der Waals surface area contributed by atoms with Gasteiger partial charge in [-0.2, -0.15) is 0 Å². The second-order valence-electron chi connectivity index (χ2n) is 7.26. The Balaban J connectivity index is 1.67. The molecule has 3 rings (SSSR count). The minimum absolute atomic E-state index is 0.301. The number of hydrogen-bond acceptors (Lipinski definition) is 4.